The molecule has 2 heterocycles. The van der Waals surface area contributed by atoms with Crippen molar-refractivity contribution in [2.24, 2.45) is 0 Å². The number of nitro benzene ring substituents is 1. The number of carbonyl (C=O) groups excluding carboxylic acids is 3. The number of halogens is 10. The predicted molar refractivity (Wildman–Crippen MR) is 320 cm³/mol. The highest BCUT2D eigenvalue weighted by molar-refractivity contribution is 6.09. The van der Waals surface area contributed by atoms with Crippen LogP contribution in [0.1, 0.15) is 75.5 Å². The number of anilines is 1. The van der Waals surface area contributed by atoms with Crippen molar-refractivity contribution in [3.8, 4) is 33.4 Å². The van der Waals surface area contributed by atoms with E-state index in [1.54, 1.807) is 97.1 Å². The lowest BCUT2D eigenvalue weighted by atomic mass is 9.73. The zero-order chi connectivity index (χ0) is 62.2. The number of non-ortho nitro benzene ring substituents is 1. The van der Waals surface area contributed by atoms with Crippen LogP contribution in [0.5, 0.6) is 0 Å². The number of amides is 3. The topological polar surface area (TPSA) is 188 Å². The van der Waals surface area contributed by atoms with Crippen LogP contribution in [-0.4, -0.2) is 68.0 Å². The van der Waals surface area contributed by atoms with Crippen LogP contribution in [0.25, 0.3) is 55.4 Å². The molecule has 2 aliphatic carbocycles. The van der Waals surface area contributed by atoms with Crippen molar-refractivity contribution in [1.82, 2.24) is 30.6 Å². The number of carbonyl (C=O) groups is 3. The first-order valence-electron chi connectivity index (χ1n) is 27.8. The molecule has 0 fully saturated rings. The van der Waals surface area contributed by atoms with Gasteiger partial charge in [-0.3, -0.25) is 24.5 Å². The number of hydrogen-bond acceptors (Lipinski definition) is 7. The van der Waals surface area contributed by atoms with Gasteiger partial charge in [-0.1, -0.05) is 127 Å². The smallest absolute Gasteiger partial charge is 0.346 e. The highest BCUT2D eigenvalue weighted by Gasteiger charge is 2.51. The number of aromatic nitrogens is 4. The molecule has 0 unspecified atom stereocenters. The molecule has 10 aromatic rings. The van der Waals surface area contributed by atoms with Crippen LogP contribution in [0.4, 0.5) is 50.9 Å². The normalized spacial score (nSPS) is 13.4. The summed E-state index contributed by atoms with van der Waals surface area (Å²) in [4.78, 5) is 66.7. The zero-order valence-electron chi connectivity index (χ0n) is 46.7. The fourth-order valence-electron chi connectivity index (χ4n) is 12.1. The number of rotatable bonds is 16. The molecular weight excluding hydrogens is 1190 g/mol. The quantitative estimate of drug-likeness (QED) is 0.0362. The van der Waals surface area contributed by atoms with Gasteiger partial charge in [-0.2, -0.15) is 39.5 Å². The van der Waals surface area contributed by atoms with Crippen LogP contribution in [0, 0.1) is 10.1 Å². The Morgan fingerprint density at radius 2 is 0.910 bits per heavy atom. The first kappa shape index (κ1) is 62.2. The Morgan fingerprint density at radius 1 is 0.506 bits per heavy atom. The fraction of sp³-hybridized carbons (Fsp3) is 0.197. The minimum absolute atomic E-state index is 0. The summed E-state index contributed by atoms with van der Waals surface area (Å²) in [6.45, 7) is -2.86. The molecular formula is C66H52ClF9N8O5. The number of aryl methyl sites for hydroxylation is 2. The van der Waals surface area contributed by atoms with Crippen LogP contribution in [0.3, 0.4) is 0 Å². The molecule has 2 aromatic heterocycles. The van der Waals surface area contributed by atoms with Crippen LogP contribution in [0.2, 0.25) is 0 Å². The molecule has 5 N–H and O–H groups in total. The number of H-pyrrole nitrogens is 2. The first-order valence-corrected chi connectivity index (χ1v) is 27.8. The van der Waals surface area contributed by atoms with Gasteiger partial charge in [0.1, 0.15) is 35.6 Å². The van der Waals surface area contributed by atoms with E-state index in [0.29, 0.717) is 98.5 Å². The van der Waals surface area contributed by atoms with E-state index in [9.17, 15) is 64.0 Å². The number of benzene rings is 8. The molecule has 0 spiro atoms. The van der Waals surface area contributed by atoms with E-state index >= 15 is 0 Å². The molecule has 0 radical (unpaired) electrons. The van der Waals surface area contributed by atoms with Gasteiger partial charge in [-0.25, -0.2) is 9.97 Å². The number of aromatic amines is 2. The predicted octanol–water partition coefficient (Wildman–Crippen LogP) is 15.3. The standard InChI is InChI=1S/C40H30F6N4O2.C26H21F3N4O3.ClH/c41-39(42,43)23-47-37(52)38(31-12-5-3-9-28(31)29-10-4-6-13-32(29)38)21-7-14-35-49-33-20-19-26(22-34(33)50-35)48-36(51)30-11-2-1-8-27(30)24-15-17-25(18-16-24)40(44,45)46;27-26(28,29)15-30-24(34)25(19-8-3-1-6-17(19)18-7-2-4-9-20(18)25)13-5-10-23-31-21-12-11-16(33(35)36)14-22(21)32-23;/h1-6,8-13,15-20,22H,7,14,21,23H2,(H,47,52)(H,48,51)(H,49,50);1-4,6-9,11-12,14H,5,10,13,15H2,(H,30,34)(H,31,32);1H. The third-order valence-corrected chi connectivity index (χ3v) is 15.9. The second-order valence-corrected chi connectivity index (χ2v) is 21.4. The molecule has 456 valence electrons. The zero-order valence-corrected chi connectivity index (χ0v) is 47.5. The second-order valence-electron chi connectivity index (χ2n) is 21.4. The van der Waals surface area contributed by atoms with E-state index in [4.69, 9.17) is 0 Å². The summed E-state index contributed by atoms with van der Waals surface area (Å²) in [6.07, 6.45) is -11.5. The third-order valence-electron chi connectivity index (χ3n) is 15.9. The molecule has 0 aliphatic heterocycles. The first-order chi connectivity index (χ1) is 42.0. The Hall–Kier alpha value is -9.83. The number of fused-ring (bicyclic) bond motifs is 8. The molecule has 0 saturated heterocycles. The van der Waals surface area contributed by atoms with Crippen LogP contribution < -0.4 is 16.0 Å². The van der Waals surface area contributed by atoms with Crippen LogP contribution in [0.15, 0.2) is 182 Å². The number of nitrogens with zero attached hydrogens (tertiary/aromatic N) is 3. The van der Waals surface area contributed by atoms with Gasteiger partial charge in [-0.15, -0.1) is 12.4 Å². The maximum Gasteiger partial charge on any atom is 0.416 e. The Labute approximate surface area is 507 Å². The highest BCUT2D eigenvalue weighted by Crippen LogP contribution is 2.53. The molecule has 0 bridgehead atoms. The number of nitrogens with one attached hydrogen (secondary N) is 5. The van der Waals surface area contributed by atoms with Crippen molar-refractivity contribution >= 4 is 63.6 Å². The van der Waals surface area contributed by atoms with E-state index in [1.165, 1.54) is 24.3 Å². The Balaban J connectivity index is 0.000000207. The number of hydrogen-bond donors (Lipinski definition) is 5. The van der Waals surface area contributed by atoms with Crippen molar-refractivity contribution in [2.75, 3.05) is 18.4 Å². The van der Waals surface area contributed by atoms with Gasteiger partial charge >= 0.3 is 18.5 Å². The molecule has 3 amide bonds. The molecule has 0 saturated carbocycles. The number of alkyl halides is 9. The third kappa shape index (κ3) is 12.7. The second kappa shape index (κ2) is 24.7. The molecule has 89 heavy (non-hydrogen) atoms. The van der Waals surface area contributed by atoms with Crippen LogP contribution in [-0.2, 0) is 39.4 Å². The highest BCUT2D eigenvalue weighted by atomic mass is 35.5. The maximum atomic E-state index is 13.8. The summed E-state index contributed by atoms with van der Waals surface area (Å²) in [5.74, 6) is -0.696. The molecule has 12 rings (SSSR count). The van der Waals surface area contributed by atoms with Gasteiger partial charge in [0, 0.05) is 36.2 Å². The summed E-state index contributed by atoms with van der Waals surface area (Å²) in [5, 5.41) is 18.2. The lowest BCUT2D eigenvalue weighted by Crippen LogP contribution is -2.47. The van der Waals surface area contributed by atoms with E-state index in [-0.39, 0.29) is 36.5 Å². The lowest BCUT2D eigenvalue weighted by molar-refractivity contribution is -0.384. The van der Waals surface area contributed by atoms with E-state index in [1.807, 2.05) is 48.5 Å². The molecule has 0 atom stereocenters. The van der Waals surface area contributed by atoms with Gasteiger partial charge in [0.25, 0.3) is 11.6 Å². The van der Waals surface area contributed by atoms with Gasteiger partial charge in [0.2, 0.25) is 11.8 Å². The Bertz CT molecular complexity index is 4220. The van der Waals surface area contributed by atoms with Crippen molar-refractivity contribution in [1.29, 1.82) is 0 Å². The average Bonchev–Trinajstić information content (AvgIpc) is 1.58. The average molecular weight is 1240 g/mol. The van der Waals surface area contributed by atoms with Gasteiger partial charge in [0.15, 0.2) is 0 Å². The maximum absolute atomic E-state index is 13.8. The number of imidazole rings is 2. The van der Waals surface area contributed by atoms with Crippen molar-refractivity contribution in [3.63, 3.8) is 0 Å². The monoisotopic (exact) mass is 1240 g/mol. The summed E-state index contributed by atoms with van der Waals surface area (Å²) in [5.41, 5.74) is 6.43. The van der Waals surface area contributed by atoms with Crippen LogP contribution >= 0.6 is 12.4 Å². The van der Waals surface area contributed by atoms with Gasteiger partial charge in [0.05, 0.1) is 32.6 Å². The van der Waals surface area contributed by atoms with Gasteiger partial charge < -0.3 is 25.9 Å². The largest absolute Gasteiger partial charge is 0.416 e. The minimum Gasteiger partial charge on any atom is -0.346 e. The minimum atomic E-state index is -4.57. The van der Waals surface area contributed by atoms with E-state index in [0.717, 1.165) is 34.4 Å². The lowest BCUT2D eigenvalue weighted by Gasteiger charge is -2.31. The molecule has 8 aromatic carbocycles. The summed E-state index contributed by atoms with van der Waals surface area (Å²) in [7, 11) is 0. The summed E-state index contributed by atoms with van der Waals surface area (Å²) in [6, 6.07) is 49.8. The molecule has 23 heteroatoms. The number of nitro groups is 1. The summed E-state index contributed by atoms with van der Waals surface area (Å²) >= 11 is 0. The summed E-state index contributed by atoms with van der Waals surface area (Å²) < 4.78 is 118. The fourth-order valence-corrected chi connectivity index (χ4v) is 12.1. The molecule has 13 nitrogen and oxygen atoms in total. The Kier molecular flexibility index (Phi) is 17.3. The van der Waals surface area contributed by atoms with Crippen molar-refractivity contribution < 1.29 is 58.8 Å². The Morgan fingerprint density at radius 3 is 1.34 bits per heavy atom. The van der Waals surface area contributed by atoms with Gasteiger partial charge in [-0.05, 0) is 124 Å². The van der Waals surface area contributed by atoms with E-state index < -0.39 is 70.7 Å². The van der Waals surface area contributed by atoms with Crippen molar-refractivity contribution in [3.05, 3.63) is 237 Å². The van der Waals surface area contributed by atoms with Crippen molar-refractivity contribution in [2.45, 2.75) is 67.9 Å². The molecule has 2 aliphatic rings. The van der Waals surface area contributed by atoms with E-state index in [2.05, 4.69) is 35.9 Å². The SMILES string of the molecule is Cl.O=C(NCC(F)(F)F)C1(CCCc2nc3ccc([N+](=O)[O-])cc3[nH]2)c2ccccc2-c2ccccc21.O=C(Nc1ccc2nc(CCCC3(C(=O)NCC(F)(F)F)c4ccccc4-c4ccccc43)[nH]c2c1)c1ccccc1-c1ccc(C(F)(F)F)cc1.